The molecule has 1 saturated carbocycles. The molecule has 1 N–H and O–H groups in total. The summed E-state index contributed by atoms with van der Waals surface area (Å²) in [6, 6.07) is 0. The summed E-state index contributed by atoms with van der Waals surface area (Å²) in [7, 11) is 0. The summed E-state index contributed by atoms with van der Waals surface area (Å²) in [5.41, 5.74) is 0. The molecule has 0 unspecified atom stereocenters. The van der Waals surface area contributed by atoms with E-state index in [1.165, 1.54) is 6.42 Å². The van der Waals surface area contributed by atoms with Gasteiger partial charge in [-0.2, -0.15) is 0 Å². The van der Waals surface area contributed by atoms with Crippen molar-refractivity contribution in [3.63, 3.8) is 0 Å². The maximum Gasteiger partial charge on any atom is 0.434 e. The minimum Gasteiger partial charge on any atom is -0.392 e. The Morgan fingerprint density at radius 3 is 2.50 bits per heavy atom. The number of hydrogen-bond donors (Lipinski definition) is 1. The molecule has 18 heavy (non-hydrogen) atoms. The Morgan fingerprint density at radius 2 is 2.00 bits per heavy atom. The lowest BCUT2D eigenvalue weighted by Crippen LogP contribution is -2.43. The lowest BCUT2D eigenvalue weighted by molar-refractivity contribution is -0.139. The van der Waals surface area contributed by atoms with Crippen molar-refractivity contribution in [2.75, 3.05) is 13.1 Å². The topological polar surface area (TPSA) is 79.2 Å². The van der Waals surface area contributed by atoms with Crippen molar-refractivity contribution in [1.29, 1.82) is 0 Å². The minimum absolute atomic E-state index is 0.161. The predicted octanol–water partition coefficient (Wildman–Crippen LogP) is 0.869. The van der Waals surface area contributed by atoms with Gasteiger partial charge in [0, 0.05) is 24.9 Å². The van der Waals surface area contributed by atoms with Crippen LogP contribution >= 0.6 is 0 Å². The number of nitrogens with one attached hydrogen (secondary N) is 1. The molecule has 0 aromatic carbocycles. The third-order valence-electron chi connectivity index (χ3n) is 4.06. The van der Waals surface area contributed by atoms with Crippen molar-refractivity contribution in [2.24, 2.45) is 5.92 Å². The zero-order valence-corrected chi connectivity index (χ0v) is 10.2. The number of amides is 1. The lowest BCUT2D eigenvalue weighted by Gasteiger charge is -2.35. The molecule has 2 heterocycles. The van der Waals surface area contributed by atoms with Crippen LogP contribution in [0.3, 0.4) is 0 Å². The number of aromatic amines is 1. The first kappa shape index (κ1) is 11.5. The fourth-order valence-electron chi connectivity index (χ4n) is 2.68. The van der Waals surface area contributed by atoms with Crippen LogP contribution in [0.1, 0.15) is 43.9 Å². The maximum atomic E-state index is 12.1. The van der Waals surface area contributed by atoms with E-state index >= 15 is 0 Å². The molecular weight excluding hydrogens is 234 g/mol. The quantitative estimate of drug-likeness (QED) is 0.845. The van der Waals surface area contributed by atoms with Crippen LogP contribution in [0.5, 0.6) is 0 Å². The number of carbonyl (C=O) groups excluding carboxylic acids is 1. The number of rotatable bonds is 2. The summed E-state index contributed by atoms with van der Waals surface area (Å²) in [5.74, 6) is 0.719. The number of carbonyl (C=O) groups is 1. The highest BCUT2D eigenvalue weighted by atomic mass is 16.4. The number of likely N-dealkylation sites (tertiary alicyclic amines) is 1. The maximum absolute atomic E-state index is 12.1. The van der Waals surface area contributed by atoms with E-state index in [1.54, 1.807) is 0 Å². The van der Waals surface area contributed by atoms with Crippen molar-refractivity contribution in [2.45, 2.75) is 38.0 Å². The molecule has 1 saturated heterocycles. The second-order valence-corrected chi connectivity index (χ2v) is 5.18. The summed E-state index contributed by atoms with van der Waals surface area (Å²) in [4.78, 5) is 24.9. The summed E-state index contributed by atoms with van der Waals surface area (Å²) in [5, 5.41) is 6.15. The Hall–Kier alpha value is -1.59. The number of aromatic nitrogens is 2. The van der Waals surface area contributed by atoms with Gasteiger partial charge < -0.3 is 9.32 Å². The number of nitrogens with zero attached hydrogens (tertiary/aromatic N) is 2. The van der Waals surface area contributed by atoms with Gasteiger partial charge in [-0.25, -0.2) is 9.89 Å². The van der Waals surface area contributed by atoms with E-state index in [4.69, 9.17) is 4.42 Å². The summed E-state index contributed by atoms with van der Waals surface area (Å²) >= 11 is 0. The lowest BCUT2D eigenvalue weighted by atomic mass is 9.83. The molecule has 0 radical (unpaired) electrons. The second-order valence-electron chi connectivity index (χ2n) is 5.18. The second kappa shape index (κ2) is 4.59. The van der Waals surface area contributed by atoms with Crippen LogP contribution in [-0.2, 0) is 4.79 Å². The molecule has 1 aliphatic heterocycles. The Labute approximate surface area is 104 Å². The molecular formula is C12H17N3O3. The van der Waals surface area contributed by atoms with E-state index in [-0.39, 0.29) is 11.8 Å². The molecule has 0 spiro atoms. The van der Waals surface area contributed by atoms with Crippen LogP contribution < -0.4 is 5.76 Å². The zero-order valence-electron chi connectivity index (χ0n) is 10.2. The largest absolute Gasteiger partial charge is 0.434 e. The molecule has 2 aliphatic rings. The smallest absolute Gasteiger partial charge is 0.392 e. The SMILES string of the molecule is O=C(C1CCC1)N1CCC(c2n[nH]c(=O)o2)CC1. The summed E-state index contributed by atoms with van der Waals surface area (Å²) in [6.45, 7) is 1.49. The molecule has 1 amide bonds. The van der Waals surface area contributed by atoms with Crippen LogP contribution in [0.25, 0.3) is 0 Å². The van der Waals surface area contributed by atoms with E-state index in [0.717, 1.165) is 38.8 Å². The van der Waals surface area contributed by atoms with E-state index in [1.807, 2.05) is 4.90 Å². The Kier molecular flexibility index (Phi) is 2.93. The first-order valence-corrected chi connectivity index (χ1v) is 6.58. The van der Waals surface area contributed by atoms with Crippen LogP contribution in [0.15, 0.2) is 9.21 Å². The first-order chi connectivity index (χ1) is 8.74. The van der Waals surface area contributed by atoms with Gasteiger partial charge in [-0.1, -0.05) is 6.42 Å². The number of piperidine rings is 1. The third kappa shape index (κ3) is 2.07. The fourth-order valence-corrected chi connectivity index (χ4v) is 2.68. The van der Waals surface area contributed by atoms with Crippen molar-refractivity contribution >= 4 is 5.91 Å². The van der Waals surface area contributed by atoms with E-state index < -0.39 is 5.76 Å². The van der Waals surface area contributed by atoms with Crippen molar-refractivity contribution < 1.29 is 9.21 Å². The normalized spacial score (nSPS) is 21.9. The molecule has 1 aliphatic carbocycles. The van der Waals surface area contributed by atoms with Crippen molar-refractivity contribution in [3.8, 4) is 0 Å². The van der Waals surface area contributed by atoms with Gasteiger partial charge >= 0.3 is 5.76 Å². The predicted molar refractivity (Wildman–Crippen MR) is 63.0 cm³/mol. The molecule has 6 nitrogen and oxygen atoms in total. The van der Waals surface area contributed by atoms with Gasteiger partial charge in [-0.15, -0.1) is 5.10 Å². The van der Waals surface area contributed by atoms with Gasteiger partial charge in [0.05, 0.1) is 0 Å². The van der Waals surface area contributed by atoms with E-state index in [2.05, 4.69) is 10.2 Å². The van der Waals surface area contributed by atoms with E-state index in [0.29, 0.717) is 11.8 Å². The highest BCUT2D eigenvalue weighted by molar-refractivity contribution is 5.79. The van der Waals surface area contributed by atoms with E-state index in [9.17, 15) is 9.59 Å². The Bertz CT molecular complexity index is 481. The van der Waals surface area contributed by atoms with Crippen molar-refractivity contribution in [3.05, 3.63) is 16.4 Å². The van der Waals surface area contributed by atoms with Gasteiger partial charge in [0.2, 0.25) is 11.8 Å². The van der Waals surface area contributed by atoms with Crippen LogP contribution in [-0.4, -0.2) is 34.1 Å². The van der Waals surface area contributed by atoms with Gasteiger partial charge in [-0.05, 0) is 25.7 Å². The summed E-state index contributed by atoms with van der Waals surface area (Å²) < 4.78 is 4.97. The molecule has 0 bridgehead atoms. The van der Waals surface area contributed by atoms with Gasteiger partial charge in [0.1, 0.15) is 0 Å². The Balaban J connectivity index is 1.57. The van der Waals surface area contributed by atoms with Crippen LogP contribution in [0, 0.1) is 5.92 Å². The summed E-state index contributed by atoms with van der Waals surface area (Å²) in [6.07, 6.45) is 4.93. The monoisotopic (exact) mass is 251 g/mol. The number of H-pyrrole nitrogens is 1. The van der Waals surface area contributed by atoms with Crippen molar-refractivity contribution in [1.82, 2.24) is 15.1 Å². The first-order valence-electron chi connectivity index (χ1n) is 6.58. The molecule has 6 heteroatoms. The zero-order chi connectivity index (χ0) is 12.5. The molecule has 2 fully saturated rings. The van der Waals surface area contributed by atoms with Crippen LogP contribution in [0.4, 0.5) is 0 Å². The molecule has 1 aromatic rings. The average Bonchev–Trinajstić information content (AvgIpc) is 2.74. The minimum atomic E-state index is -0.502. The number of hydrogen-bond acceptors (Lipinski definition) is 4. The van der Waals surface area contributed by atoms with Gasteiger partial charge in [0.25, 0.3) is 0 Å². The third-order valence-corrected chi connectivity index (χ3v) is 4.06. The fraction of sp³-hybridized carbons (Fsp3) is 0.750. The van der Waals surface area contributed by atoms with Crippen LogP contribution in [0.2, 0.25) is 0 Å². The van der Waals surface area contributed by atoms with Gasteiger partial charge in [-0.3, -0.25) is 4.79 Å². The molecule has 0 atom stereocenters. The standard InChI is InChI=1S/C12H17N3O3/c16-11(9-2-1-3-9)15-6-4-8(5-7-15)10-13-14-12(17)18-10/h8-9H,1-7H2,(H,14,17). The highest BCUT2D eigenvalue weighted by Gasteiger charge is 2.32. The molecule has 1 aromatic heterocycles. The highest BCUT2D eigenvalue weighted by Crippen LogP contribution is 2.31. The van der Waals surface area contributed by atoms with Gasteiger partial charge in [0.15, 0.2) is 0 Å². The molecule has 98 valence electrons. The molecule has 3 rings (SSSR count). The average molecular weight is 251 g/mol. The Morgan fingerprint density at radius 1 is 1.28 bits per heavy atom.